The largest absolute Gasteiger partial charge is 0.496 e. The Morgan fingerprint density at radius 2 is 1.78 bits per heavy atom. The molecule has 0 saturated carbocycles. The number of alkyl halides is 1. The average Bonchev–Trinajstić information content (AvgIpc) is 2.39. The van der Waals surface area contributed by atoms with E-state index in [2.05, 4.69) is 31.9 Å². The van der Waals surface area contributed by atoms with E-state index in [0.717, 1.165) is 15.6 Å². The molecular weight excluding hydrogens is 363 g/mol. The third-order valence-electron chi connectivity index (χ3n) is 2.63. The van der Waals surface area contributed by atoms with Gasteiger partial charge in [0.15, 0.2) is 0 Å². The normalized spacial score (nSPS) is 12.2. The van der Waals surface area contributed by atoms with Crippen LogP contribution in [0.1, 0.15) is 16.0 Å². The van der Waals surface area contributed by atoms with Crippen LogP contribution in [0.25, 0.3) is 0 Å². The summed E-state index contributed by atoms with van der Waals surface area (Å²) in [6, 6.07) is 12.4. The summed E-state index contributed by atoms with van der Waals surface area (Å²) in [4.78, 5) is -0.101. The maximum atomic E-state index is 13.3. The molecule has 2 aromatic rings. The van der Waals surface area contributed by atoms with Crippen molar-refractivity contribution in [2.24, 2.45) is 0 Å². The van der Waals surface area contributed by atoms with Crippen LogP contribution in [0.4, 0.5) is 4.39 Å². The molecule has 0 amide bonds. The molecule has 1 unspecified atom stereocenters. The fraction of sp³-hybridized carbons (Fsp3) is 0.143. The van der Waals surface area contributed by atoms with Crippen LogP contribution < -0.4 is 4.74 Å². The Morgan fingerprint density at radius 1 is 1.11 bits per heavy atom. The molecule has 2 aromatic carbocycles. The molecule has 0 saturated heterocycles. The molecule has 0 N–H and O–H groups in total. The molecule has 0 fully saturated rings. The zero-order valence-corrected chi connectivity index (χ0v) is 12.8. The minimum absolute atomic E-state index is 0.101. The molecule has 0 aromatic heterocycles. The molecule has 0 aliphatic heterocycles. The van der Waals surface area contributed by atoms with Gasteiger partial charge in [0.05, 0.1) is 11.9 Å². The van der Waals surface area contributed by atoms with Crippen molar-refractivity contribution in [3.05, 3.63) is 63.9 Å². The van der Waals surface area contributed by atoms with Crippen molar-refractivity contribution in [1.82, 2.24) is 0 Å². The van der Waals surface area contributed by atoms with E-state index in [-0.39, 0.29) is 10.6 Å². The van der Waals surface area contributed by atoms with Crippen molar-refractivity contribution < 1.29 is 9.13 Å². The minimum atomic E-state index is -0.271. The van der Waals surface area contributed by atoms with Crippen molar-refractivity contribution in [3.8, 4) is 5.75 Å². The zero-order valence-electron chi connectivity index (χ0n) is 9.66. The molecule has 1 nitrogen and oxygen atoms in total. The molecular formula is C14H11Br2FO. The number of rotatable bonds is 3. The van der Waals surface area contributed by atoms with Gasteiger partial charge in [-0.05, 0) is 35.9 Å². The van der Waals surface area contributed by atoms with Gasteiger partial charge in [-0.15, -0.1) is 0 Å². The van der Waals surface area contributed by atoms with E-state index >= 15 is 0 Å². The van der Waals surface area contributed by atoms with Gasteiger partial charge < -0.3 is 4.74 Å². The summed E-state index contributed by atoms with van der Waals surface area (Å²) in [6.07, 6.45) is 0. The maximum Gasteiger partial charge on any atom is 0.123 e. The summed E-state index contributed by atoms with van der Waals surface area (Å²) in [7, 11) is 1.58. The highest BCUT2D eigenvalue weighted by molar-refractivity contribution is 9.10. The Morgan fingerprint density at radius 3 is 2.39 bits per heavy atom. The molecule has 2 rings (SSSR count). The van der Waals surface area contributed by atoms with Crippen LogP contribution in [0.2, 0.25) is 0 Å². The summed E-state index contributed by atoms with van der Waals surface area (Å²) in [6.45, 7) is 0. The molecule has 0 heterocycles. The van der Waals surface area contributed by atoms with Crippen molar-refractivity contribution in [3.63, 3.8) is 0 Å². The maximum absolute atomic E-state index is 13.3. The molecule has 0 bridgehead atoms. The Kier molecular flexibility index (Phi) is 4.40. The predicted molar refractivity (Wildman–Crippen MR) is 77.9 cm³/mol. The summed E-state index contributed by atoms with van der Waals surface area (Å²) < 4.78 is 19.6. The van der Waals surface area contributed by atoms with E-state index < -0.39 is 0 Å². The van der Waals surface area contributed by atoms with Gasteiger partial charge >= 0.3 is 0 Å². The summed E-state index contributed by atoms with van der Waals surface area (Å²) in [5, 5.41) is 0. The molecule has 0 aliphatic carbocycles. The number of hydrogen-bond donors (Lipinski definition) is 0. The van der Waals surface area contributed by atoms with E-state index in [0.29, 0.717) is 5.75 Å². The van der Waals surface area contributed by atoms with Crippen molar-refractivity contribution in [2.45, 2.75) is 4.83 Å². The third kappa shape index (κ3) is 2.93. The van der Waals surface area contributed by atoms with Crippen LogP contribution in [0.5, 0.6) is 5.75 Å². The number of hydrogen-bond acceptors (Lipinski definition) is 1. The molecule has 1 atom stereocenters. The summed E-state index contributed by atoms with van der Waals surface area (Å²) in [5.74, 6) is 0.397. The number of benzene rings is 2. The lowest BCUT2D eigenvalue weighted by Gasteiger charge is -2.15. The third-order valence-corrected chi connectivity index (χ3v) is 4.18. The van der Waals surface area contributed by atoms with E-state index in [9.17, 15) is 4.39 Å². The van der Waals surface area contributed by atoms with Crippen LogP contribution in [-0.2, 0) is 0 Å². The predicted octanol–water partition coefficient (Wildman–Crippen LogP) is 5.08. The fourth-order valence-electron chi connectivity index (χ4n) is 1.71. The van der Waals surface area contributed by atoms with Gasteiger partial charge in [-0.2, -0.15) is 0 Å². The second-order valence-electron chi connectivity index (χ2n) is 3.80. The van der Waals surface area contributed by atoms with E-state index in [1.807, 2.05) is 24.3 Å². The number of ether oxygens (including phenoxy) is 1. The second kappa shape index (κ2) is 5.85. The highest BCUT2D eigenvalue weighted by Gasteiger charge is 2.16. The Hall–Kier alpha value is -0.870. The second-order valence-corrected chi connectivity index (χ2v) is 5.63. The minimum Gasteiger partial charge on any atom is -0.496 e. The van der Waals surface area contributed by atoms with Gasteiger partial charge in [0.2, 0.25) is 0 Å². The van der Waals surface area contributed by atoms with Gasteiger partial charge in [0.25, 0.3) is 0 Å². The molecule has 0 radical (unpaired) electrons. The van der Waals surface area contributed by atoms with E-state index in [1.54, 1.807) is 13.2 Å². The van der Waals surface area contributed by atoms with Crippen LogP contribution in [0, 0.1) is 5.82 Å². The number of methoxy groups -OCH3 is 1. The molecule has 4 heteroatoms. The van der Waals surface area contributed by atoms with Crippen LogP contribution in [0.15, 0.2) is 46.9 Å². The van der Waals surface area contributed by atoms with Crippen LogP contribution in [-0.4, -0.2) is 7.11 Å². The smallest absolute Gasteiger partial charge is 0.123 e. The Bertz CT molecular complexity index is 540. The fourth-order valence-corrected chi connectivity index (χ4v) is 2.64. The van der Waals surface area contributed by atoms with Crippen molar-refractivity contribution in [1.29, 1.82) is 0 Å². The number of halogens is 3. The van der Waals surface area contributed by atoms with Crippen molar-refractivity contribution >= 4 is 31.9 Å². The average molecular weight is 374 g/mol. The lowest BCUT2D eigenvalue weighted by Crippen LogP contribution is -1.98. The SMILES string of the molecule is COc1ccc(F)cc1C(Br)c1ccc(Br)cc1. The summed E-state index contributed by atoms with van der Waals surface area (Å²) >= 11 is 6.97. The molecule has 0 aliphatic rings. The first-order chi connectivity index (χ1) is 8.61. The van der Waals surface area contributed by atoms with Gasteiger partial charge in [-0.3, -0.25) is 0 Å². The monoisotopic (exact) mass is 372 g/mol. The van der Waals surface area contributed by atoms with Crippen molar-refractivity contribution in [2.75, 3.05) is 7.11 Å². The first kappa shape index (κ1) is 13.6. The lowest BCUT2D eigenvalue weighted by atomic mass is 10.0. The molecule has 0 spiro atoms. The lowest BCUT2D eigenvalue weighted by molar-refractivity contribution is 0.409. The van der Waals surface area contributed by atoms with Crippen LogP contribution >= 0.6 is 31.9 Å². The first-order valence-corrected chi connectivity index (χ1v) is 7.05. The summed E-state index contributed by atoms with van der Waals surface area (Å²) in [5.41, 5.74) is 1.82. The van der Waals surface area contributed by atoms with Crippen LogP contribution in [0.3, 0.4) is 0 Å². The standard InChI is InChI=1S/C14H11Br2FO/c1-18-13-7-6-11(17)8-12(13)14(16)9-2-4-10(15)5-3-9/h2-8,14H,1H3. The Balaban J connectivity index is 2.41. The highest BCUT2D eigenvalue weighted by Crippen LogP contribution is 2.37. The molecule has 18 heavy (non-hydrogen) atoms. The highest BCUT2D eigenvalue weighted by atomic mass is 79.9. The van der Waals surface area contributed by atoms with E-state index in [1.165, 1.54) is 12.1 Å². The van der Waals surface area contributed by atoms with Gasteiger partial charge in [0.1, 0.15) is 11.6 Å². The quantitative estimate of drug-likeness (QED) is 0.681. The first-order valence-electron chi connectivity index (χ1n) is 5.35. The van der Waals surface area contributed by atoms with E-state index in [4.69, 9.17) is 4.74 Å². The van der Waals surface area contributed by atoms with Gasteiger partial charge in [-0.25, -0.2) is 4.39 Å². The van der Waals surface area contributed by atoms with Gasteiger partial charge in [-0.1, -0.05) is 44.0 Å². The van der Waals surface area contributed by atoms with Gasteiger partial charge in [0, 0.05) is 10.0 Å². The zero-order chi connectivity index (χ0) is 13.1. The topological polar surface area (TPSA) is 9.23 Å². The Labute approximate surface area is 122 Å². The molecule has 94 valence electrons.